The van der Waals surface area contributed by atoms with Gasteiger partial charge in [-0.3, -0.25) is 0 Å². The highest BCUT2D eigenvalue weighted by Gasteiger charge is 2.28. The summed E-state index contributed by atoms with van der Waals surface area (Å²) in [4.78, 5) is 4.04. The molecule has 4 nitrogen and oxygen atoms in total. The van der Waals surface area contributed by atoms with Crippen LogP contribution in [0, 0.1) is 5.92 Å². The highest BCUT2D eigenvalue weighted by Crippen LogP contribution is 2.23. The third kappa shape index (κ3) is 2.78. The van der Waals surface area contributed by atoms with Gasteiger partial charge in [0.1, 0.15) is 10.0 Å². The van der Waals surface area contributed by atoms with Crippen LogP contribution in [0.3, 0.4) is 0 Å². The summed E-state index contributed by atoms with van der Waals surface area (Å²) in [6.07, 6.45) is 3.32. The van der Waals surface area contributed by atoms with Crippen molar-refractivity contribution in [2.24, 2.45) is 5.92 Å². The first-order valence-electron chi connectivity index (χ1n) is 5.62. The lowest BCUT2D eigenvalue weighted by Gasteiger charge is -2.29. The third-order valence-corrected chi connectivity index (χ3v) is 5.03. The van der Waals surface area contributed by atoms with E-state index < -0.39 is 10.0 Å². The van der Waals surface area contributed by atoms with E-state index in [0.717, 1.165) is 12.8 Å². The average Bonchev–Trinajstić information content (AvgIpc) is 2.29. The van der Waals surface area contributed by atoms with Crippen molar-refractivity contribution in [1.82, 2.24) is 9.29 Å². The zero-order valence-electron chi connectivity index (χ0n) is 9.63. The maximum Gasteiger partial charge on any atom is 0.244 e. The maximum absolute atomic E-state index is 12.3. The highest BCUT2D eigenvalue weighted by molar-refractivity contribution is 7.89. The van der Waals surface area contributed by atoms with Crippen molar-refractivity contribution in [2.45, 2.75) is 24.7 Å². The van der Waals surface area contributed by atoms with Gasteiger partial charge in [0, 0.05) is 19.3 Å². The van der Waals surface area contributed by atoms with Gasteiger partial charge in [0.2, 0.25) is 10.0 Å². The standard InChI is InChI=1S/C11H15ClN2O2S/c1-9-3-2-6-14(8-9)17(15,16)10-4-5-11(12)13-7-10/h4-5,7,9H,2-3,6,8H2,1H3/t9-/m1/s1. The van der Waals surface area contributed by atoms with Crippen LogP contribution in [0.25, 0.3) is 0 Å². The molecule has 1 aromatic rings. The third-order valence-electron chi connectivity index (χ3n) is 2.96. The molecule has 1 atom stereocenters. The fraction of sp³-hybridized carbons (Fsp3) is 0.545. The molecule has 0 N–H and O–H groups in total. The van der Waals surface area contributed by atoms with E-state index in [9.17, 15) is 8.42 Å². The molecule has 1 aromatic heterocycles. The number of pyridine rings is 1. The van der Waals surface area contributed by atoms with E-state index >= 15 is 0 Å². The molecule has 17 heavy (non-hydrogen) atoms. The number of sulfonamides is 1. The molecule has 94 valence electrons. The van der Waals surface area contributed by atoms with E-state index in [1.54, 1.807) is 0 Å². The second-order valence-corrected chi connectivity index (χ2v) is 6.75. The smallest absolute Gasteiger partial charge is 0.243 e. The molecule has 0 amide bonds. The van der Waals surface area contributed by atoms with Crippen LogP contribution in [-0.4, -0.2) is 30.8 Å². The number of halogens is 1. The maximum atomic E-state index is 12.3. The fourth-order valence-electron chi connectivity index (χ4n) is 2.03. The number of hydrogen-bond donors (Lipinski definition) is 0. The monoisotopic (exact) mass is 274 g/mol. The predicted octanol–water partition coefficient (Wildman–Crippen LogP) is 2.16. The number of piperidine rings is 1. The summed E-state index contributed by atoms with van der Waals surface area (Å²) in [5.74, 6) is 0.416. The van der Waals surface area contributed by atoms with E-state index in [1.165, 1.54) is 22.6 Å². The summed E-state index contributed by atoms with van der Waals surface area (Å²) in [6, 6.07) is 3.01. The molecule has 0 radical (unpaired) electrons. The largest absolute Gasteiger partial charge is 0.244 e. The Morgan fingerprint density at radius 2 is 2.24 bits per heavy atom. The molecule has 2 rings (SSSR count). The van der Waals surface area contributed by atoms with Crippen LogP contribution in [-0.2, 0) is 10.0 Å². The summed E-state index contributed by atoms with van der Waals surface area (Å²) >= 11 is 5.65. The van der Waals surface area contributed by atoms with E-state index in [1.807, 2.05) is 0 Å². The molecule has 0 aliphatic carbocycles. The Labute approximate surface area is 107 Å². The Morgan fingerprint density at radius 3 is 2.82 bits per heavy atom. The van der Waals surface area contributed by atoms with Crippen molar-refractivity contribution in [1.29, 1.82) is 0 Å². The first-order valence-corrected chi connectivity index (χ1v) is 7.43. The second kappa shape index (κ2) is 4.92. The van der Waals surface area contributed by atoms with Crippen LogP contribution >= 0.6 is 11.6 Å². The molecule has 1 saturated heterocycles. The first-order chi connectivity index (χ1) is 8.00. The summed E-state index contributed by atoms with van der Waals surface area (Å²) in [5, 5.41) is 0.302. The second-order valence-electron chi connectivity index (χ2n) is 4.43. The molecule has 6 heteroatoms. The van der Waals surface area contributed by atoms with E-state index in [0.29, 0.717) is 24.2 Å². The first kappa shape index (κ1) is 12.8. The molecule has 1 fully saturated rings. The normalized spacial score (nSPS) is 22.6. The molecule has 0 saturated carbocycles. The van der Waals surface area contributed by atoms with Gasteiger partial charge in [-0.25, -0.2) is 13.4 Å². The lowest BCUT2D eigenvalue weighted by Crippen LogP contribution is -2.39. The molecule has 0 spiro atoms. The van der Waals surface area contributed by atoms with E-state index in [2.05, 4.69) is 11.9 Å². The summed E-state index contributed by atoms with van der Waals surface area (Å²) in [6.45, 7) is 3.25. The number of aromatic nitrogens is 1. The van der Waals surface area contributed by atoms with Crippen molar-refractivity contribution < 1.29 is 8.42 Å². The van der Waals surface area contributed by atoms with Gasteiger partial charge in [0.15, 0.2) is 0 Å². The van der Waals surface area contributed by atoms with Gasteiger partial charge in [-0.05, 0) is 30.9 Å². The minimum absolute atomic E-state index is 0.219. The molecule has 0 unspecified atom stereocenters. The fourth-order valence-corrected chi connectivity index (χ4v) is 3.68. The minimum atomic E-state index is -3.40. The average molecular weight is 275 g/mol. The van der Waals surface area contributed by atoms with Crippen LogP contribution in [0.1, 0.15) is 19.8 Å². The van der Waals surface area contributed by atoms with Crippen LogP contribution < -0.4 is 0 Å². The van der Waals surface area contributed by atoms with Gasteiger partial charge in [-0.1, -0.05) is 18.5 Å². The molecular weight excluding hydrogens is 260 g/mol. The van der Waals surface area contributed by atoms with Crippen molar-refractivity contribution >= 4 is 21.6 Å². The Morgan fingerprint density at radius 1 is 1.47 bits per heavy atom. The zero-order valence-corrected chi connectivity index (χ0v) is 11.2. The Kier molecular flexibility index (Phi) is 3.70. The Bertz CT molecular complexity index is 487. The van der Waals surface area contributed by atoms with Crippen molar-refractivity contribution in [3.05, 3.63) is 23.5 Å². The van der Waals surface area contributed by atoms with Crippen LogP contribution in [0.2, 0.25) is 5.15 Å². The lowest BCUT2D eigenvalue weighted by atomic mass is 10.0. The number of nitrogens with zero attached hydrogens (tertiary/aromatic N) is 2. The van der Waals surface area contributed by atoms with Crippen LogP contribution in [0.15, 0.2) is 23.2 Å². The molecular formula is C11H15ClN2O2S. The van der Waals surface area contributed by atoms with Crippen molar-refractivity contribution in [2.75, 3.05) is 13.1 Å². The molecule has 0 bridgehead atoms. The van der Waals surface area contributed by atoms with Gasteiger partial charge < -0.3 is 0 Å². The molecule has 0 aromatic carbocycles. The molecule has 1 aliphatic heterocycles. The van der Waals surface area contributed by atoms with Crippen LogP contribution in [0.5, 0.6) is 0 Å². The predicted molar refractivity (Wildman–Crippen MR) is 66.4 cm³/mol. The highest BCUT2D eigenvalue weighted by atomic mass is 35.5. The Hall–Kier alpha value is -0.650. The quantitative estimate of drug-likeness (QED) is 0.777. The van der Waals surface area contributed by atoms with Crippen LogP contribution in [0.4, 0.5) is 0 Å². The van der Waals surface area contributed by atoms with Gasteiger partial charge in [-0.15, -0.1) is 0 Å². The Balaban J connectivity index is 2.26. The topological polar surface area (TPSA) is 50.3 Å². The van der Waals surface area contributed by atoms with Crippen molar-refractivity contribution in [3.8, 4) is 0 Å². The number of hydrogen-bond acceptors (Lipinski definition) is 3. The van der Waals surface area contributed by atoms with Gasteiger partial charge >= 0.3 is 0 Å². The zero-order chi connectivity index (χ0) is 12.5. The van der Waals surface area contributed by atoms with E-state index in [4.69, 9.17) is 11.6 Å². The summed E-state index contributed by atoms with van der Waals surface area (Å²) in [5.41, 5.74) is 0. The summed E-state index contributed by atoms with van der Waals surface area (Å²) in [7, 11) is -3.40. The molecule has 2 heterocycles. The number of rotatable bonds is 2. The van der Waals surface area contributed by atoms with Gasteiger partial charge in [0.25, 0.3) is 0 Å². The van der Waals surface area contributed by atoms with E-state index in [-0.39, 0.29) is 4.90 Å². The molecule has 1 aliphatic rings. The SMILES string of the molecule is C[C@@H]1CCCN(S(=O)(=O)c2ccc(Cl)nc2)C1. The van der Waals surface area contributed by atoms with Crippen molar-refractivity contribution in [3.63, 3.8) is 0 Å². The minimum Gasteiger partial charge on any atom is -0.243 e. The summed E-state index contributed by atoms with van der Waals surface area (Å²) < 4.78 is 26.1. The van der Waals surface area contributed by atoms with Gasteiger partial charge in [0.05, 0.1) is 0 Å². The lowest BCUT2D eigenvalue weighted by molar-refractivity contribution is 0.281. The van der Waals surface area contributed by atoms with Gasteiger partial charge in [-0.2, -0.15) is 4.31 Å².